The Labute approximate surface area is 130 Å². The molecule has 22 heavy (non-hydrogen) atoms. The molecule has 0 spiro atoms. The van der Waals surface area contributed by atoms with E-state index in [0.717, 1.165) is 11.1 Å². The summed E-state index contributed by atoms with van der Waals surface area (Å²) in [4.78, 5) is 23.9. The first-order chi connectivity index (χ1) is 10.6. The second kappa shape index (κ2) is 7.41. The van der Waals surface area contributed by atoms with Crippen LogP contribution in [0.3, 0.4) is 0 Å². The van der Waals surface area contributed by atoms with Crippen molar-refractivity contribution in [2.75, 3.05) is 0 Å². The Morgan fingerprint density at radius 2 is 1.00 bits per heavy atom. The van der Waals surface area contributed by atoms with Crippen molar-refractivity contribution < 1.29 is 9.59 Å². The summed E-state index contributed by atoms with van der Waals surface area (Å²) in [6.45, 7) is 3.70. The maximum Gasteiger partial charge on any atom is 0.309 e. The monoisotopic (exact) mass is 296 g/mol. The van der Waals surface area contributed by atoms with Crippen LogP contribution in [0.1, 0.15) is 37.1 Å². The molecule has 114 valence electrons. The average molecular weight is 296 g/mol. The molecule has 0 fully saturated rings. The van der Waals surface area contributed by atoms with Crippen molar-refractivity contribution in [3.63, 3.8) is 0 Å². The minimum absolute atomic E-state index is 0.216. The first-order valence-corrected chi connectivity index (χ1v) is 7.29. The lowest BCUT2D eigenvalue weighted by molar-refractivity contribution is -0.140. The Kier molecular flexibility index (Phi) is 5.31. The van der Waals surface area contributed by atoms with Crippen LogP contribution >= 0.6 is 0 Å². The highest BCUT2D eigenvalue weighted by Gasteiger charge is 2.19. The molecule has 0 aromatic heterocycles. The van der Waals surface area contributed by atoms with E-state index in [1.807, 2.05) is 74.5 Å². The summed E-state index contributed by atoms with van der Waals surface area (Å²) in [5.41, 5.74) is 1.92. The molecule has 0 unspecified atom stereocenters. The van der Waals surface area contributed by atoms with Crippen LogP contribution in [-0.2, 0) is 9.59 Å². The van der Waals surface area contributed by atoms with Gasteiger partial charge in [-0.25, -0.2) is 0 Å². The summed E-state index contributed by atoms with van der Waals surface area (Å²) in [6, 6.07) is 18.6. The van der Waals surface area contributed by atoms with E-state index in [0.29, 0.717) is 0 Å². The van der Waals surface area contributed by atoms with E-state index in [4.69, 9.17) is 0 Å². The molecule has 2 N–H and O–H groups in total. The molecule has 0 heterocycles. The highest BCUT2D eigenvalue weighted by Crippen LogP contribution is 2.12. The summed E-state index contributed by atoms with van der Waals surface area (Å²) in [5, 5.41) is 5.40. The van der Waals surface area contributed by atoms with Crippen LogP contribution in [0.15, 0.2) is 60.7 Å². The maximum absolute atomic E-state index is 12.0. The third-order valence-electron chi connectivity index (χ3n) is 3.50. The second-order valence-corrected chi connectivity index (χ2v) is 5.21. The van der Waals surface area contributed by atoms with Gasteiger partial charge in [0.15, 0.2) is 0 Å². The first-order valence-electron chi connectivity index (χ1n) is 7.29. The number of hydrogen-bond donors (Lipinski definition) is 2. The molecule has 0 bridgehead atoms. The molecule has 2 aromatic carbocycles. The normalized spacial score (nSPS) is 13.0. The quantitative estimate of drug-likeness (QED) is 0.852. The minimum atomic E-state index is -0.626. The molecule has 0 aliphatic rings. The molecule has 0 radical (unpaired) electrons. The molecule has 4 heteroatoms. The van der Waals surface area contributed by atoms with Crippen LogP contribution in [0.25, 0.3) is 0 Å². The SMILES string of the molecule is C[C@H](NC(=O)C(=O)N[C@H](C)c1ccccc1)c1ccccc1. The van der Waals surface area contributed by atoms with Gasteiger partial charge in [0.2, 0.25) is 0 Å². The number of hydrogen-bond acceptors (Lipinski definition) is 2. The van der Waals surface area contributed by atoms with Crippen molar-refractivity contribution in [1.82, 2.24) is 10.6 Å². The predicted octanol–water partition coefficient (Wildman–Crippen LogP) is 2.74. The van der Waals surface area contributed by atoms with Crippen LogP contribution in [0.5, 0.6) is 0 Å². The summed E-state index contributed by atoms with van der Waals surface area (Å²) in [5.74, 6) is -1.25. The molecule has 4 nitrogen and oxygen atoms in total. The van der Waals surface area contributed by atoms with Gasteiger partial charge in [-0.3, -0.25) is 9.59 Å². The Hall–Kier alpha value is -2.62. The molecule has 2 atom stereocenters. The Morgan fingerprint density at radius 3 is 1.32 bits per heavy atom. The van der Waals surface area contributed by atoms with E-state index >= 15 is 0 Å². The van der Waals surface area contributed by atoms with Gasteiger partial charge in [-0.2, -0.15) is 0 Å². The summed E-state index contributed by atoms with van der Waals surface area (Å²) < 4.78 is 0. The topological polar surface area (TPSA) is 58.2 Å². The van der Waals surface area contributed by atoms with Crippen molar-refractivity contribution in [3.05, 3.63) is 71.8 Å². The highest BCUT2D eigenvalue weighted by molar-refractivity contribution is 6.35. The molecular formula is C18H20N2O2. The first kappa shape index (κ1) is 15.8. The number of carbonyl (C=O) groups is 2. The van der Waals surface area contributed by atoms with Crippen molar-refractivity contribution >= 4 is 11.8 Å². The van der Waals surface area contributed by atoms with Crippen LogP contribution in [0, 0.1) is 0 Å². The smallest absolute Gasteiger partial charge is 0.309 e. The van der Waals surface area contributed by atoms with E-state index in [9.17, 15) is 9.59 Å². The summed E-state index contributed by atoms with van der Waals surface area (Å²) in [7, 11) is 0. The molecule has 0 aliphatic carbocycles. The standard InChI is InChI=1S/C18H20N2O2/c1-13(15-9-5-3-6-10-15)19-17(21)18(22)20-14(2)16-11-7-4-8-12-16/h3-14H,1-2H3,(H,19,21)(H,20,22)/t13-,14+. The third kappa shape index (κ3) is 4.19. The average Bonchev–Trinajstić information content (AvgIpc) is 2.56. The zero-order chi connectivity index (χ0) is 15.9. The number of nitrogens with one attached hydrogen (secondary N) is 2. The number of rotatable bonds is 4. The van der Waals surface area contributed by atoms with Gasteiger partial charge in [0.05, 0.1) is 12.1 Å². The minimum Gasteiger partial charge on any atom is -0.341 e. The molecule has 2 amide bonds. The van der Waals surface area contributed by atoms with E-state index in [1.54, 1.807) is 0 Å². The van der Waals surface area contributed by atoms with Crippen LogP contribution < -0.4 is 10.6 Å². The van der Waals surface area contributed by atoms with Gasteiger partial charge in [-0.1, -0.05) is 60.7 Å². The van der Waals surface area contributed by atoms with Gasteiger partial charge in [0.25, 0.3) is 0 Å². The van der Waals surface area contributed by atoms with Crippen LogP contribution in [0.2, 0.25) is 0 Å². The number of carbonyl (C=O) groups excluding carboxylic acids is 2. The Morgan fingerprint density at radius 1 is 0.682 bits per heavy atom. The zero-order valence-electron chi connectivity index (χ0n) is 12.7. The fraction of sp³-hybridized carbons (Fsp3) is 0.222. The van der Waals surface area contributed by atoms with Crippen LogP contribution in [0.4, 0.5) is 0 Å². The van der Waals surface area contributed by atoms with Gasteiger partial charge in [-0.15, -0.1) is 0 Å². The van der Waals surface area contributed by atoms with Gasteiger partial charge >= 0.3 is 11.8 Å². The Balaban J connectivity index is 1.91. The van der Waals surface area contributed by atoms with Crippen molar-refractivity contribution in [2.24, 2.45) is 0 Å². The molecule has 2 rings (SSSR count). The Bertz CT molecular complexity index is 569. The lowest BCUT2D eigenvalue weighted by atomic mass is 10.1. The number of amides is 2. The molecular weight excluding hydrogens is 276 g/mol. The van der Waals surface area contributed by atoms with E-state index in [2.05, 4.69) is 10.6 Å². The van der Waals surface area contributed by atoms with Gasteiger partial charge in [0.1, 0.15) is 0 Å². The fourth-order valence-corrected chi connectivity index (χ4v) is 2.17. The molecule has 0 saturated heterocycles. The maximum atomic E-state index is 12.0. The molecule has 0 aliphatic heterocycles. The largest absolute Gasteiger partial charge is 0.341 e. The zero-order valence-corrected chi connectivity index (χ0v) is 12.7. The van der Waals surface area contributed by atoms with E-state index in [1.165, 1.54) is 0 Å². The van der Waals surface area contributed by atoms with E-state index < -0.39 is 11.8 Å². The van der Waals surface area contributed by atoms with Crippen molar-refractivity contribution in [3.8, 4) is 0 Å². The van der Waals surface area contributed by atoms with Gasteiger partial charge in [-0.05, 0) is 25.0 Å². The predicted molar refractivity (Wildman–Crippen MR) is 86.0 cm³/mol. The molecule has 2 aromatic rings. The van der Waals surface area contributed by atoms with Crippen molar-refractivity contribution in [2.45, 2.75) is 25.9 Å². The second-order valence-electron chi connectivity index (χ2n) is 5.21. The van der Waals surface area contributed by atoms with Gasteiger partial charge < -0.3 is 10.6 Å². The van der Waals surface area contributed by atoms with Crippen molar-refractivity contribution in [1.29, 1.82) is 0 Å². The third-order valence-corrected chi connectivity index (χ3v) is 3.50. The summed E-state index contributed by atoms with van der Waals surface area (Å²) >= 11 is 0. The fourth-order valence-electron chi connectivity index (χ4n) is 2.17. The lowest BCUT2D eigenvalue weighted by Gasteiger charge is -2.17. The lowest BCUT2D eigenvalue weighted by Crippen LogP contribution is -2.41. The van der Waals surface area contributed by atoms with Gasteiger partial charge in [0, 0.05) is 0 Å². The summed E-state index contributed by atoms with van der Waals surface area (Å²) in [6.07, 6.45) is 0. The van der Waals surface area contributed by atoms with E-state index in [-0.39, 0.29) is 12.1 Å². The highest BCUT2D eigenvalue weighted by atomic mass is 16.2. The molecule has 0 saturated carbocycles. The number of benzene rings is 2. The van der Waals surface area contributed by atoms with Crippen LogP contribution in [-0.4, -0.2) is 11.8 Å².